The average Bonchev–Trinajstić information content (AvgIpc) is 3.70. The van der Waals surface area contributed by atoms with Crippen LogP contribution >= 0.6 is 0 Å². The maximum absolute atomic E-state index is 2.53. The van der Waals surface area contributed by atoms with Gasteiger partial charge < -0.3 is 9.13 Å². The first-order valence-electron chi connectivity index (χ1n) is 18.0. The molecule has 0 saturated heterocycles. The topological polar surface area (TPSA) is 9.86 Å². The van der Waals surface area contributed by atoms with Crippen LogP contribution in [0.15, 0.2) is 170 Å². The summed E-state index contributed by atoms with van der Waals surface area (Å²) in [5.41, 5.74) is 9.78. The van der Waals surface area contributed by atoms with Gasteiger partial charge in [0.05, 0.1) is 27.8 Å². The Kier molecular flexibility index (Phi) is 6.03. The standard InChI is InChI=1S/C49H34N2/c1-31-22-24-32(25-23-31)33-26-27-47-42(28-33)40-17-8-11-21-46(40)51(47)48-30-34(50-44-19-9-6-15-38(44)39-16-7-10-20-45(39)50)29-43-37-14-3-2-12-35(37)36-13-4-5-18-41(36)49(43)48/h2-22,24-31H,23H2,1H3. The lowest BCUT2D eigenvalue weighted by molar-refractivity contribution is 0.739. The van der Waals surface area contributed by atoms with Gasteiger partial charge in [-0.15, -0.1) is 0 Å². The minimum atomic E-state index is 0.584. The molecule has 1 atom stereocenters. The number of para-hydroxylation sites is 3. The van der Waals surface area contributed by atoms with Crippen molar-refractivity contribution in [1.29, 1.82) is 0 Å². The van der Waals surface area contributed by atoms with Crippen LogP contribution in [-0.2, 0) is 0 Å². The Balaban J connectivity index is 1.32. The largest absolute Gasteiger partial charge is 0.309 e. The van der Waals surface area contributed by atoms with Gasteiger partial charge in [0.15, 0.2) is 0 Å². The fourth-order valence-corrected chi connectivity index (χ4v) is 8.86. The molecule has 0 N–H and O–H groups in total. The van der Waals surface area contributed by atoms with E-state index in [1.165, 1.54) is 92.8 Å². The number of allylic oxidation sites excluding steroid dienone is 4. The van der Waals surface area contributed by atoms with Crippen LogP contribution in [0.1, 0.15) is 18.9 Å². The van der Waals surface area contributed by atoms with Crippen LogP contribution in [0.5, 0.6) is 0 Å². The summed E-state index contributed by atoms with van der Waals surface area (Å²) in [7, 11) is 0. The molecule has 0 bridgehead atoms. The monoisotopic (exact) mass is 650 g/mol. The van der Waals surface area contributed by atoms with Gasteiger partial charge in [0, 0.05) is 32.6 Å². The molecular weight excluding hydrogens is 617 g/mol. The predicted molar refractivity (Wildman–Crippen MR) is 219 cm³/mol. The Morgan fingerprint density at radius 3 is 1.59 bits per heavy atom. The molecule has 10 aromatic rings. The normalized spacial score (nSPS) is 14.9. The molecule has 11 rings (SSSR count). The van der Waals surface area contributed by atoms with Crippen molar-refractivity contribution in [2.75, 3.05) is 0 Å². The van der Waals surface area contributed by atoms with E-state index in [2.05, 4.69) is 186 Å². The van der Waals surface area contributed by atoms with E-state index >= 15 is 0 Å². The Hall–Kier alpha value is -6.38. The molecule has 2 heterocycles. The number of benzene rings is 8. The van der Waals surface area contributed by atoms with Crippen LogP contribution < -0.4 is 0 Å². The first-order valence-corrected chi connectivity index (χ1v) is 18.0. The van der Waals surface area contributed by atoms with E-state index in [0.717, 1.165) is 12.1 Å². The van der Waals surface area contributed by atoms with E-state index in [1.807, 2.05) is 0 Å². The molecule has 0 amide bonds. The van der Waals surface area contributed by atoms with Crippen LogP contribution in [0.3, 0.4) is 0 Å². The van der Waals surface area contributed by atoms with Crippen LogP contribution in [-0.4, -0.2) is 9.13 Å². The molecule has 2 heteroatoms. The second kappa shape index (κ2) is 10.8. The highest BCUT2D eigenvalue weighted by Gasteiger charge is 2.21. The van der Waals surface area contributed by atoms with Crippen molar-refractivity contribution in [3.05, 3.63) is 175 Å². The van der Waals surface area contributed by atoms with Crippen LogP contribution in [0.25, 0.3) is 92.9 Å². The summed E-state index contributed by atoms with van der Waals surface area (Å²) in [6.45, 7) is 2.28. The Labute approximate surface area is 295 Å². The zero-order valence-corrected chi connectivity index (χ0v) is 28.3. The summed E-state index contributed by atoms with van der Waals surface area (Å²) in [4.78, 5) is 0. The van der Waals surface area contributed by atoms with Gasteiger partial charge in [-0.25, -0.2) is 0 Å². The van der Waals surface area contributed by atoms with E-state index in [9.17, 15) is 0 Å². The van der Waals surface area contributed by atoms with Crippen molar-refractivity contribution in [2.24, 2.45) is 5.92 Å². The fourth-order valence-electron chi connectivity index (χ4n) is 8.86. The van der Waals surface area contributed by atoms with Crippen molar-refractivity contribution >= 4 is 81.5 Å². The molecule has 0 aliphatic heterocycles. The number of hydrogen-bond acceptors (Lipinski definition) is 0. The van der Waals surface area contributed by atoms with Gasteiger partial charge >= 0.3 is 0 Å². The summed E-state index contributed by atoms with van der Waals surface area (Å²) in [6, 6.07) is 56.4. The van der Waals surface area contributed by atoms with E-state index in [-0.39, 0.29) is 0 Å². The lowest BCUT2D eigenvalue weighted by atomic mass is 9.92. The minimum absolute atomic E-state index is 0.584. The quantitative estimate of drug-likeness (QED) is 0.168. The lowest BCUT2D eigenvalue weighted by Crippen LogP contribution is -2.01. The molecule has 1 aliphatic rings. The van der Waals surface area contributed by atoms with E-state index in [0.29, 0.717) is 5.92 Å². The second-order valence-electron chi connectivity index (χ2n) is 14.2. The first kappa shape index (κ1) is 28.5. The number of nitrogens with zero attached hydrogens (tertiary/aromatic N) is 2. The molecule has 0 saturated carbocycles. The third kappa shape index (κ3) is 4.11. The van der Waals surface area contributed by atoms with Crippen LogP contribution in [0.2, 0.25) is 0 Å². The van der Waals surface area contributed by atoms with Crippen LogP contribution in [0, 0.1) is 5.92 Å². The van der Waals surface area contributed by atoms with Gasteiger partial charge in [-0.1, -0.05) is 134 Å². The second-order valence-corrected chi connectivity index (χ2v) is 14.2. The van der Waals surface area contributed by atoms with Gasteiger partial charge in [-0.05, 0) is 92.9 Å². The van der Waals surface area contributed by atoms with Crippen molar-refractivity contribution in [3.8, 4) is 11.4 Å². The summed E-state index contributed by atoms with van der Waals surface area (Å²) in [5.74, 6) is 0.584. The van der Waals surface area contributed by atoms with Gasteiger partial charge in [0.2, 0.25) is 0 Å². The highest BCUT2D eigenvalue weighted by atomic mass is 15.0. The molecule has 8 aromatic carbocycles. The Morgan fingerprint density at radius 2 is 0.961 bits per heavy atom. The Morgan fingerprint density at radius 1 is 0.451 bits per heavy atom. The van der Waals surface area contributed by atoms with Gasteiger partial charge in [-0.3, -0.25) is 0 Å². The van der Waals surface area contributed by atoms with Crippen molar-refractivity contribution in [3.63, 3.8) is 0 Å². The third-order valence-corrected chi connectivity index (χ3v) is 11.2. The molecule has 240 valence electrons. The summed E-state index contributed by atoms with van der Waals surface area (Å²) in [6.07, 6.45) is 8.11. The van der Waals surface area contributed by atoms with E-state index in [1.54, 1.807) is 0 Å². The summed E-state index contributed by atoms with van der Waals surface area (Å²) < 4.78 is 5.00. The average molecular weight is 651 g/mol. The van der Waals surface area contributed by atoms with Crippen LogP contribution in [0.4, 0.5) is 0 Å². The number of hydrogen-bond donors (Lipinski definition) is 0. The molecule has 1 unspecified atom stereocenters. The molecular formula is C49H34N2. The lowest BCUT2D eigenvalue weighted by Gasteiger charge is -2.19. The number of rotatable bonds is 3. The fraction of sp³-hybridized carbons (Fsp3) is 0.0612. The van der Waals surface area contributed by atoms with Gasteiger partial charge in [-0.2, -0.15) is 0 Å². The van der Waals surface area contributed by atoms with E-state index in [4.69, 9.17) is 0 Å². The summed E-state index contributed by atoms with van der Waals surface area (Å²) >= 11 is 0. The molecule has 0 fully saturated rings. The highest BCUT2D eigenvalue weighted by molar-refractivity contribution is 6.28. The number of fused-ring (bicyclic) bond motifs is 12. The summed E-state index contributed by atoms with van der Waals surface area (Å²) in [5, 5.41) is 12.7. The molecule has 51 heavy (non-hydrogen) atoms. The maximum atomic E-state index is 2.53. The predicted octanol–water partition coefficient (Wildman–Crippen LogP) is 13.3. The Bertz CT molecular complexity index is 3070. The SMILES string of the molecule is CC1C=CC(c2ccc3c(c2)c2ccccc2n3-c2cc(-n3c4ccccc4c4ccccc43)cc3c4ccccc4c4ccccc4c23)=CC1. The highest BCUT2D eigenvalue weighted by Crippen LogP contribution is 2.44. The molecule has 0 radical (unpaired) electrons. The molecule has 2 nitrogen and oxygen atoms in total. The zero-order valence-electron chi connectivity index (χ0n) is 28.3. The third-order valence-electron chi connectivity index (χ3n) is 11.2. The smallest absolute Gasteiger partial charge is 0.0567 e. The number of aromatic nitrogens is 2. The van der Waals surface area contributed by atoms with Crippen molar-refractivity contribution in [2.45, 2.75) is 13.3 Å². The molecule has 0 spiro atoms. The molecule has 2 aromatic heterocycles. The molecule has 1 aliphatic carbocycles. The van der Waals surface area contributed by atoms with Gasteiger partial charge in [0.25, 0.3) is 0 Å². The maximum Gasteiger partial charge on any atom is 0.0567 e. The first-order chi connectivity index (χ1) is 25.2. The zero-order chi connectivity index (χ0) is 33.6. The van der Waals surface area contributed by atoms with Crippen molar-refractivity contribution in [1.82, 2.24) is 9.13 Å². The minimum Gasteiger partial charge on any atom is -0.309 e. The van der Waals surface area contributed by atoms with Gasteiger partial charge in [0.1, 0.15) is 0 Å². The van der Waals surface area contributed by atoms with Crippen molar-refractivity contribution < 1.29 is 0 Å². The van der Waals surface area contributed by atoms with E-state index < -0.39 is 0 Å².